The van der Waals surface area contributed by atoms with E-state index in [0.29, 0.717) is 48.0 Å². The smallest absolute Gasteiger partial charge is 0.348 e. The molecular weight excluding hydrogens is 769 g/mol. The van der Waals surface area contributed by atoms with E-state index in [9.17, 15) is 4.79 Å². The van der Waals surface area contributed by atoms with E-state index < -0.39 is 23.8 Å². The summed E-state index contributed by atoms with van der Waals surface area (Å²) < 4.78 is 25.5. The Kier molecular flexibility index (Phi) is 25.3. The molecule has 0 radical (unpaired) electrons. The van der Waals surface area contributed by atoms with Crippen LogP contribution in [0.2, 0.25) is 0 Å². The van der Waals surface area contributed by atoms with Gasteiger partial charge in [-0.3, -0.25) is 0 Å². The van der Waals surface area contributed by atoms with Crippen LogP contribution < -0.4 is 0 Å². The first kappa shape index (κ1) is 51.3. The average molecular weight is 855 g/mol. The van der Waals surface area contributed by atoms with Crippen LogP contribution in [0.5, 0.6) is 0 Å². The third kappa shape index (κ3) is 18.4. The molecule has 1 heterocycles. The van der Waals surface area contributed by atoms with Crippen LogP contribution in [0, 0.1) is 11.8 Å². The van der Waals surface area contributed by atoms with Gasteiger partial charge in [-0.25, -0.2) is 9.59 Å². The Morgan fingerprint density at radius 3 is 1.73 bits per heavy atom. The molecule has 2 aromatic carbocycles. The van der Waals surface area contributed by atoms with Crippen molar-refractivity contribution >= 4 is 11.9 Å². The highest BCUT2D eigenvalue weighted by Crippen LogP contribution is 2.40. The van der Waals surface area contributed by atoms with Crippen molar-refractivity contribution in [2.24, 2.45) is 11.8 Å². The van der Waals surface area contributed by atoms with Gasteiger partial charge in [0, 0.05) is 12.8 Å². The largest absolute Gasteiger partial charge is 0.500 e. The van der Waals surface area contributed by atoms with E-state index in [1.807, 2.05) is 60.7 Å². The number of hydrogen-bond donors (Lipinski definition) is 0. The molecule has 0 N–H and O–H groups in total. The first-order valence-corrected chi connectivity index (χ1v) is 25.6. The van der Waals surface area contributed by atoms with Crippen LogP contribution >= 0.6 is 0 Å². The topological polar surface area (TPSA) is 71.1 Å². The van der Waals surface area contributed by atoms with Crippen molar-refractivity contribution in [3.05, 3.63) is 95.3 Å². The summed E-state index contributed by atoms with van der Waals surface area (Å²) in [4.78, 5) is 28.9. The van der Waals surface area contributed by atoms with Crippen molar-refractivity contribution in [2.75, 3.05) is 6.61 Å². The van der Waals surface area contributed by atoms with E-state index in [1.165, 1.54) is 127 Å². The fourth-order valence-electron chi connectivity index (χ4n) is 9.44. The lowest BCUT2D eigenvalue weighted by atomic mass is 9.85. The SMILES string of the molecule is CCCCCC=C(C)C1CCC(C)CC(OC(=O)C(OC(CCCCCCCCCCCCCCCCCCCC)OC(=O)C2=COCC2)(c2ccccc2)c2ccccc2)C1. The minimum atomic E-state index is -1.65. The summed E-state index contributed by atoms with van der Waals surface area (Å²) in [6.07, 6.45) is 35.5. The van der Waals surface area contributed by atoms with Gasteiger partial charge in [0.2, 0.25) is 11.9 Å². The van der Waals surface area contributed by atoms with Crippen molar-refractivity contribution in [1.82, 2.24) is 0 Å². The first-order valence-electron chi connectivity index (χ1n) is 25.6. The van der Waals surface area contributed by atoms with Crippen LogP contribution in [-0.2, 0) is 34.1 Å². The molecule has 1 aliphatic carbocycles. The maximum Gasteiger partial charge on any atom is 0.348 e. The van der Waals surface area contributed by atoms with Gasteiger partial charge in [-0.2, -0.15) is 0 Å². The number of allylic oxidation sites excluding steroid dienone is 2. The van der Waals surface area contributed by atoms with E-state index in [4.69, 9.17) is 18.9 Å². The van der Waals surface area contributed by atoms with Crippen LogP contribution in [0.3, 0.4) is 0 Å². The van der Waals surface area contributed by atoms with Crippen molar-refractivity contribution < 1.29 is 28.5 Å². The van der Waals surface area contributed by atoms with Crippen molar-refractivity contribution in [1.29, 1.82) is 0 Å². The molecule has 4 rings (SSSR count). The normalized spacial score (nSPS) is 18.7. The third-order valence-corrected chi connectivity index (χ3v) is 13.4. The van der Waals surface area contributed by atoms with Gasteiger partial charge in [0.05, 0.1) is 18.4 Å². The Labute approximate surface area is 378 Å². The molecular formula is C56H86O6. The molecule has 0 bridgehead atoms. The summed E-state index contributed by atoms with van der Waals surface area (Å²) in [5.74, 6) is -0.127. The number of unbranched alkanes of at least 4 members (excludes halogenated alkanes) is 20. The Morgan fingerprint density at radius 1 is 0.694 bits per heavy atom. The minimum Gasteiger partial charge on any atom is -0.500 e. The van der Waals surface area contributed by atoms with Gasteiger partial charge in [-0.05, 0) is 68.4 Å². The molecule has 346 valence electrons. The molecule has 6 heteroatoms. The summed E-state index contributed by atoms with van der Waals surface area (Å²) in [6, 6.07) is 19.3. The predicted octanol–water partition coefficient (Wildman–Crippen LogP) is 15.8. The van der Waals surface area contributed by atoms with Crippen molar-refractivity contribution in [3.63, 3.8) is 0 Å². The summed E-state index contributed by atoms with van der Waals surface area (Å²) in [7, 11) is 0. The standard InChI is InChI=1S/C56H86O6/c1-5-7-9-11-12-13-14-15-16-17-18-19-20-21-22-23-24-32-38-53(61-54(57)49-41-42-59-45-49)62-56(50-34-28-25-29-35-50,51-36-30-26-31-37-51)55(58)60-52-43-46(3)39-40-48(44-52)47(4)33-27-10-8-6-2/h25-26,28-31,33-37,45-46,48,52-53H,5-24,27,32,38-44H2,1-4H3. The summed E-state index contributed by atoms with van der Waals surface area (Å²) in [5.41, 5.74) is 1.55. The molecule has 1 aliphatic heterocycles. The van der Waals surface area contributed by atoms with Gasteiger partial charge >= 0.3 is 11.9 Å². The van der Waals surface area contributed by atoms with E-state index >= 15 is 4.79 Å². The molecule has 4 unspecified atom stereocenters. The molecule has 1 fully saturated rings. The van der Waals surface area contributed by atoms with E-state index in [0.717, 1.165) is 51.4 Å². The van der Waals surface area contributed by atoms with E-state index in [2.05, 4.69) is 33.8 Å². The molecule has 0 saturated heterocycles. The zero-order chi connectivity index (χ0) is 44.1. The number of rotatable bonds is 32. The van der Waals surface area contributed by atoms with Gasteiger partial charge in [0.25, 0.3) is 0 Å². The number of hydrogen-bond acceptors (Lipinski definition) is 6. The highest BCUT2D eigenvalue weighted by Gasteiger charge is 2.49. The van der Waals surface area contributed by atoms with Gasteiger partial charge in [0.1, 0.15) is 6.10 Å². The van der Waals surface area contributed by atoms with Crippen LogP contribution in [0.1, 0.15) is 219 Å². The molecule has 0 amide bonds. The van der Waals surface area contributed by atoms with E-state index in [-0.39, 0.29) is 6.10 Å². The van der Waals surface area contributed by atoms with Gasteiger partial charge in [-0.1, -0.05) is 222 Å². The summed E-state index contributed by atoms with van der Waals surface area (Å²) >= 11 is 0. The molecule has 6 nitrogen and oxygen atoms in total. The fourth-order valence-corrected chi connectivity index (χ4v) is 9.44. The van der Waals surface area contributed by atoms with Crippen molar-refractivity contribution in [3.8, 4) is 0 Å². The van der Waals surface area contributed by atoms with Crippen molar-refractivity contribution in [2.45, 2.75) is 225 Å². The Balaban J connectivity index is 1.41. The van der Waals surface area contributed by atoms with Gasteiger partial charge < -0.3 is 18.9 Å². The Hall–Kier alpha value is -3.38. The second-order valence-electron chi connectivity index (χ2n) is 18.8. The monoisotopic (exact) mass is 855 g/mol. The predicted molar refractivity (Wildman–Crippen MR) is 256 cm³/mol. The lowest BCUT2D eigenvalue weighted by molar-refractivity contribution is -0.222. The average Bonchev–Trinajstić information content (AvgIpc) is 3.77. The molecule has 2 aromatic rings. The summed E-state index contributed by atoms with van der Waals surface area (Å²) in [6.45, 7) is 9.52. The van der Waals surface area contributed by atoms with Crippen LogP contribution in [0.4, 0.5) is 0 Å². The maximum atomic E-state index is 15.3. The molecule has 0 spiro atoms. The zero-order valence-electron chi connectivity index (χ0n) is 39.7. The van der Waals surface area contributed by atoms with Crippen LogP contribution in [0.25, 0.3) is 0 Å². The number of carbonyl (C=O) groups excluding carboxylic acids is 2. The summed E-state index contributed by atoms with van der Waals surface area (Å²) in [5, 5.41) is 0. The highest BCUT2D eigenvalue weighted by molar-refractivity contribution is 5.89. The molecule has 0 aromatic heterocycles. The fraction of sp³-hybridized carbons (Fsp3) is 0.679. The second kappa shape index (κ2) is 30.7. The molecule has 1 saturated carbocycles. The Bertz CT molecular complexity index is 1510. The number of carbonyl (C=O) groups is 2. The second-order valence-corrected chi connectivity index (χ2v) is 18.8. The Morgan fingerprint density at radius 2 is 1.21 bits per heavy atom. The van der Waals surface area contributed by atoms with Crippen LogP contribution in [-0.4, -0.2) is 30.9 Å². The zero-order valence-corrected chi connectivity index (χ0v) is 39.7. The first-order chi connectivity index (χ1) is 30.4. The minimum absolute atomic E-state index is 0.268. The van der Waals surface area contributed by atoms with Crippen LogP contribution in [0.15, 0.2) is 84.1 Å². The van der Waals surface area contributed by atoms with E-state index in [1.54, 1.807) is 0 Å². The quantitative estimate of drug-likeness (QED) is 0.0240. The third-order valence-electron chi connectivity index (χ3n) is 13.4. The number of esters is 2. The lowest BCUT2D eigenvalue weighted by Crippen LogP contribution is -2.46. The lowest BCUT2D eigenvalue weighted by Gasteiger charge is -2.37. The van der Waals surface area contributed by atoms with Gasteiger partial charge in [0.15, 0.2) is 0 Å². The molecule has 2 aliphatic rings. The number of benzene rings is 2. The molecule has 62 heavy (non-hydrogen) atoms. The maximum absolute atomic E-state index is 15.3. The molecule has 4 atom stereocenters. The van der Waals surface area contributed by atoms with Gasteiger partial charge in [-0.15, -0.1) is 0 Å². The highest BCUT2D eigenvalue weighted by atomic mass is 16.7. The number of ether oxygens (including phenoxy) is 4.